The van der Waals surface area contributed by atoms with Gasteiger partial charge in [-0.25, -0.2) is 8.78 Å². The van der Waals surface area contributed by atoms with Crippen LogP contribution in [0.1, 0.15) is 17.2 Å². The van der Waals surface area contributed by atoms with E-state index in [1.807, 2.05) is 0 Å². The van der Waals surface area contributed by atoms with Gasteiger partial charge in [0.2, 0.25) is 0 Å². The van der Waals surface area contributed by atoms with E-state index in [-0.39, 0.29) is 0 Å². The normalized spacial score (nSPS) is 12.8. The zero-order valence-electron chi connectivity index (χ0n) is 8.08. The van der Waals surface area contributed by atoms with Gasteiger partial charge in [0.15, 0.2) is 4.67 Å². The Bertz CT molecular complexity index is 492. The minimum Gasteiger partial charge on any atom is -0.457 e. The fourth-order valence-electron chi connectivity index (χ4n) is 1.46. The number of nitrogens with two attached hydrogens (primary N) is 1. The van der Waals surface area contributed by atoms with Gasteiger partial charge in [-0.3, -0.25) is 0 Å². The zero-order valence-corrected chi connectivity index (χ0v) is 9.67. The Hall–Kier alpha value is -1.20. The van der Waals surface area contributed by atoms with Gasteiger partial charge in [0.05, 0.1) is 12.3 Å². The molecule has 1 atom stereocenters. The number of hydrogen-bond donors (Lipinski definition) is 1. The fraction of sp³-hybridized carbons (Fsp3) is 0.0909. The lowest BCUT2D eigenvalue weighted by atomic mass is 10.0. The molecule has 0 amide bonds. The van der Waals surface area contributed by atoms with Gasteiger partial charge in [-0.2, -0.15) is 0 Å². The van der Waals surface area contributed by atoms with E-state index in [1.54, 1.807) is 6.07 Å². The third kappa shape index (κ3) is 2.15. The summed E-state index contributed by atoms with van der Waals surface area (Å²) >= 11 is 3.17. The van der Waals surface area contributed by atoms with Crippen LogP contribution in [0.4, 0.5) is 8.78 Å². The van der Waals surface area contributed by atoms with Gasteiger partial charge in [0.25, 0.3) is 0 Å². The summed E-state index contributed by atoms with van der Waals surface area (Å²) in [5.74, 6) is -1.30. The Morgan fingerprint density at radius 1 is 1.19 bits per heavy atom. The van der Waals surface area contributed by atoms with Crippen molar-refractivity contribution in [1.82, 2.24) is 0 Å². The molecule has 0 aliphatic carbocycles. The Morgan fingerprint density at radius 3 is 2.31 bits per heavy atom. The second kappa shape index (κ2) is 4.35. The van der Waals surface area contributed by atoms with Crippen LogP contribution in [0.5, 0.6) is 0 Å². The summed E-state index contributed by atoms with van der Waals surface area (Å²) in [5.41, 5.74) is 6.88. The summed E-state index contributed by atoms with van der Waals surface area (Å²) in [6, 6.07) is 4.23. The SMILES string of the molecule is NC(c1cc(F)cc(F)c1)c1ccoc1Br. The maximum atomic E-state index is 13.0. The minimum absolute atomic E-state index is 0.361. The number of hydrogen-bond acceptors (Lipinski definition) is 2. The first-order valence-corrected chi connectivity index (χ1v) is 5.31. The molecule has 16 heavy (non-hydrogen) atoms. The van der Waals surface area contributed by atoms with Crippen LogP contribution in [-0.2, 0) is 0 Å². The molecule has 2 N–H and O–H groups in total. The van der Waals surface area contributed by atoms with Gasteiger partial charge in [-0.15, -0.1) is 0 Å². The average Bonchev–Trinajstić information content (AvgIpc) is 2.62. The van der Waals surface area contributed by atoms with Gasteiger partial charge in [0.1, 0.15) is 11.6 Å². The molecule has 1 heterocycles. The molecule has 1 unspecified atom stereocenters. The molecule has 0 saturated carbocycles. The van der Waals surface area contributed by atoms with Crippen LogP contribution >= 0.6 is 15.9 Å². The number of furan rings is 1. The predicted octanol–water partition coefficient (Wildman–Crippen LogP) is 3.37. The molecule has 0 spiro atoms. The minimum atomic E-state index is -0.648. The van der Waals surface area contributed by atoms with Gasteiger partial charge >= 0.3 is 0 Å². The van der Waals surface area contributed by atoms with E-state index in [1.165, 1.54) is 18.4 Å². The monoisotopic (exact) mass is 287 g/mol. The van der Waals surface area contributed by atoms with Crippen LogP contribution in [-0.4, -0.2) is 0 Å². The summed E-state index contributed by atoms with van der Waals surface area (Å²) in [4.78, 5) is 0. The molecule has 2 nitrogen and oxygen atoms in total. The Balaban J connectivity index is 2.41. The van der Waals surface area contributed by atoms with E-state index in [0.29, 0.717) is 15.8 Å². The summed E-state index contributed by atoms with van der Waals surface area (Å²) in [6.45, 7) is 0. The average molecular weight is 288 g/mol. The molecule has 0 aliphatic rings. The van der Waals surface area contributed by atoms with Crippen LogP contribution in [0.15, 0.2) is 39.6 Å². The van der Waals surface area contributed by atoms with E-state index in [2.05, 4.69) is 15.9 Å². The lowest BCUT2D eigenvalue weighted by Crippen LogP contribution is -2.12. The Kier molecular flexibility index (Phi) is 3.07. The first-order valence-electron chi connectivity index (χ1n) is 4.52. The van der Waals surface area contributed by atoms with Crippen molar-refractivity contribution in [1.29, 1.82) is 0 Å². The van der Waals surface area contributed by atoms with Crippen molar-refractivity contribution in [3.05, 3.63) is 58.0 Å². The van der Waals surface area contributed by atoms with Crippen LogP contribution in [0.3, 0.4) is 0 Å². The molecule has 84 valence electrons. The first kappa shape index (κ1) is 11.3. The summed E-state index contributed by atoms with van der Waals surface area (Å²) < 4.78 is 31.5. The van der Waals surface area contributed by atoms with Crippen molar-refractivity contribution < 1.29 is 13.2 Å². The van der Waals surface area contributed by atoms with Crippen LogP contribution in [0, 0.1) is 11.6 Å². The highest BCUT2D eigenvalue weighted by Gasteiger charge is 2.16. The van der Waals surface area contributed by atoms with E-state index < -0.39 is 17.7 Å². The highest BCUT2D eigenvalue weighted by molar-refractivity contribution is 9.10. The second-order valence-corrected chi connectivity index (χ2v) is 4.05. The van der Waals surface area contributed by atoms with Gasteiger partial charge < -0.3 is 10.2 Å². The molecule has 0 aliphatic heterocycles. The van der Waals surface area contributed by atoms with E-state index in [9.17, 15) is 8.78 Å². The predicted molar refractivity (Wildman–Crippen MR) is 58.8 cm³/mol. The third-order valence-corrected chi connectivity index (χ3v) is 2.87. The molecule has 0 bridgehead atoms. The quantitative estimate of drug-likeness (QED) is 0.920. The molecule has 0 fully saturated rings. The molecule has 5 heteroatoms. The number of benzene rings is 1. The van der Waals surface area contributed by atoms with Gasteiger partial charge in [-0.1, -0.05) is 0 Å². The second-order valence-electron chi connectivity index (χ2n) is 3.33. The van der Waals surface area contributed by atoms with Crippen molar-refractivity contribution >= 4 is 15.9 Å². The van der Waals surface area contributed by atoms with Crippen LogP contribution < -0.4 is 5.73 Å². The lowest BCUT2D eigenvalue weighted by Gasteiger charge is -2.10. The number of rotatable bonds is 2. The van der Waals surface area contributed by atoms with Crippen molar-refractivity contribution in [2.75, 3.05) is 0 Å². The highest BCUT2D eigenvalue weighted by atomic mass is 79.9. The maximum absolute atomic E-state index is 13.0. The smallest absolute Gasteiger partial charge is 0.174 e. The molecule has 0 radical (unpaired) electrons. The molecular formula is C11H8BrF2NO. The summed E-state index contributed by atoms with van der Waals surface area (Å²) in [6.07, 6.45) is 1.45. The third-order valence-electron chi connectivity index (χ3n) is 2.23. The maximum Gasteiger partial charge on any atom is 0.174 e. The van der Waals surface area contributed by atoms with Gasteiger partial charge in [-0.05, 0) is 39.7 Å². The molecular weight excluding hydrogens is 280 g/mol. The Labute approximate surface area is 99.2 Å². The van der Waals surface area contributed by atoms with Crippen molar-refractivity contribution in [3.63, 3.8) is 0 Å². The van der Waals surface area contributed by atoms with Crippen LogP contribution in [0.25, 0.3) is 0 Å². The lowest BCUT2D eigenvalue weighted by molar-refractivity contribution is 0.534. The van der Waals surface area contributed by atoms with E-state index in [4.69, 9.17) is 10.2 Å². The first-order chi connectivity index (χ1) is 7.58. The molecule has 2 rings (SSSR count). The van der Waals surface area contributed by atoms with Gasteiger partial charge in [0, 0.05) is 11.6 Å². The largest absolute Gasteiger partial charge is 0.457 e. The number of halogens is 3. The summed E-state index contributed by atoms with van der Waals surface area (Å²) in [5, 5.41) is 0. The topological polar surface area (TPSA) is 39.2 Å². The molecule has 1 aromatic heterocycles. The van der Waals surface area contributed by atoms with Crippen molar-refractivity contribution in [2.24, 2.45) is 5.73 Å². The molecule has 2 aromatic rings. The van der Waals surface area contributed by atoms with E-state index in [0.717, 1.165) is 6.07 Å². The standard InChI is InChI=1S/C11H8BrF2NO/c12-11-9(1-2-16-11)10(15)6-3-7(13)5-8(14)4-6/h1-5,10H,15H2. The van der Waals surface area contributed by atoms with Crippen molar-refractivity contribution in [3.8, 4) is 0 Å². The van der Waals surface area contributed by atoms with E-state index >= 15 is 0 Å². The zero-order chi connectivity index (χ0) is 11.7. The Morgan fingerprint density at radius 2 is 1.81 bits per heavy atom. The highest BCUT2D eigenvalue weighted by Crippen LogP contribution is 2.28. The van der Waals surface area contributed by atoms with Crippen LogP contribution in [0.2, 0.25) is 0 Å². The molecule has 0 saturated heterocycles. The molecule has 1 aromatic carbocycles. The summed E-state index contributed by atoms with van der Waals surface area (Å²) in [7, 11) is 0. The van der Waals surface area contributed by atoms with Crippen molar-refractivity contribution in [2.45, 2.75) is 6.04 Å². The fourth-order valence-corrected chi connectivity index (χ4v) is 1.95.